The Morgan fingerprint density at radius 1 is 1.44 bits per heavy atom. The second-order valence-corrected chi connectivity index (χ2v) is 3.24. The van der Waals surface area contributed by atoms with Crippen molar-refractivity contribution in [2.45, 2.75) is 12.2 Å². The van der Waals surface area contributed by atoms with Crippen LogP contribution < -0.4 is 5.73 Å². The lowest BCUT2D eigenvalue weighted by atomic mass is 10.0. The molecule has 0 aromatic heterocycles. The first-order valence-corrected chi connectivity index (χ1v) is 4.51. The second kappa shape index (κ2) is 5.22. The van der Waals surface area contributed by atoms with Crippen molar-refractivity contribution < 1.29 is 15.3 Å². The van der Waals surface area contributed by atoms with Crippen molar-refractivity contribution in [2.75, 3.05) is 12.3 Å². The molecule has 0 aliphatic carbocycles. The van der Waals surface area contributed by atoms with Crippen LogP contribution in [0.15, 0.2) is 23.3 Å². The highest BCUT2D eigenvalue weighted by atomic mass is 16.3. The Morgan fingerprint density at radius 2 is 2.12 bits per heavy atom. The van der Waals surface area contributed by atoms with Crippen LogP contribution in [0.4, 0.5) is 5.69 Å². The fourth-order valence-corrected chi connectivity index (χ4v) is 1.19. The molecule has 2 atom stereocenters. The maximum atomic E-state index is 9.65. The Hall–Kier alpha value is -1.95. The fraction of sp³-hybridized carbons (Fsp3) is 0.333. The van der Waals surface area contributed by atoms with Crippen LogP contribution in [0.2, 0.25) is 0 Å². The van der Waals surface area contributed by atoms with Gasteiger partial charge in [0.15, 0.2) is 0 Å². The minimum Gasteiger partial charge on any atom is -0.506 e. The molecule has 7 nitrogen and oxygen atoms in total. The SMILES string of the molecule is [N-]=[N+]=NCC(O)C(O)c1ccc(N)c(O)c1. The molecule has 16 heavy (non-hydrogen) atoms. The van der Waals surface area contributed by atoms with Crippen molar-refractivity contribution in [3.63, 3.8) is 0 Å². The van der Waals surface area contributed by atoms with Crippen LogP contribution in [0.1, 0.15) is 11.7 Å². The molecule has 0 aliphatic heterocycles. The van der Waals surface area contributed by atoms with E-state index in [0.29, 0.717) is 5.56 Å². The van der Waals surface area contributed by atoms with Crippen LogP contribution >= 0.6 is 0 Å². The number of hydrogen-bond donors (Lipinski definition) is 4. The van der Waals surface area contributed by atoms with E-state index in [9.17, 15) is 15.3 Å². The van der Waals surface area contributed by atoms with Crippen LogP contribution in [-0.4, -0.2) is 28.0 Å². The average Bonchev–Trinajstić information content (AvgIpc) is 2.28. The van der Waals surface area contributed by atoms with Crippen LogP contribution in [0, 0.1) is 0 Å². The standard InChI is InChI=1S/C9H12N4O3/c10-6-2-1-5(3-7(6)14)9(16)8(15)4-12-13-11/h1-3,8-9,14-16H,4,10H2. The van der Waals surface area contributed by atoms with Crippen LogP contribution in [-0.2, 0) is 0 Å². The van der Waals surface area contributed by atoms with Gasteiger partial charge in [-0.2, -0.15) is 0 Å². The number of hydrogen-bond acceptors (Lipinski definition) is 5. The van der Waals surface area contributed by atoms with Crippen LogP contribution in [0.3, 0.4) is 0 Å². The molecule has 0 aliphatic rings. The number of anilines is 1. The molecule has 0 amide bonds. The number of aliphatic hydroxyl groups excluding tert-OH is 2. The summed E-state index contributed by atoms with van der Waals surface area (Å²) in [7, 11) is 0. The van der Waals surface area contributed by atoms with Gasteiger partial charge in [-0.15, -0.1) is 0 Å². The van der Waals surface area contributed by atoms with E-state index in [2.05, 4.69) is 10.0 Å². The molecule has 0 spiro atoms. The van der Waals surface area contributed by atoms with E-state index >= 15 is 0 Å². The fourth-order valence-electron chi connectivity index (χ4n) is 1.19. The van der Waals surface area contributed by atoms with E-state index in [1.54, 1.807) is 0 Å². The summed E-state index contributed by atoms with van der Waals surface area (Å²) in [6, 6.07) is 4.13. The molecule has 7 heteroatoms. The predicted molar refractivity (Wildman–Crippen MR) is 57.5 cm³/mol. The molecule has 0 bridgehead atoms. The van der Waals surface area contributed by atoms with Gasteiger partial charge in [0.2, 0.25) is 0 Å². The second-order valence-electron chi connectivity index (χ2n) is 3.24. The number of phenolic OH excluding ortho intramolecular Hbond substituents is 1. The summed E-state index contributed by atoms with van der Waals surface area (Å²) in [4.78, 5) is 2.47. The maximum Gasteiger partial charge on any atom is 0.138 e. The van der Waals surface area contributed by atoms with E-state index < -0.39 is 12.2 Å². The summed E-state index contributed by atoms with van der Waals surface area (Å²) in [6.07, 6.45) is -2.46. The van der Waals surface area contributed by atoms with Gasteiger partial charge in [-0.1, -0.05) is 11.2 Å². The van der Waals surface area contributed by atoms with Gasteiger partial charge < -0.3 is 21.1 Å². The highest BCUT2D eigenvalue weighted by Gasteiger charge is 2.18. The number of aliphatic hydroxyl groups is 2. The van der Waals surface area contributed by atoms with E-state index in [1.807, 2.05) is 0 Å². The first-order chi connectivity index (χ1) is 7.56. The van der Waals surface area contributed by atoms with Gasteiger partial charge in [0.25, 0.3) is 0 Å². The van der Waals surface area contributed by atoms with E-state index in [4.69, 9.17) is 11.3 Å². The molecule has 0 fully saturated rings. The highest BCUT2D eigenvalue weighted by molar-refractivity contribution is 5.53. The van der Waals surface area contributed by atoms with Crippen molar-refractivity contribution in [3.05, 3.63) is 34.2 Å². The highest BCUT2D eigenvalue weighted by Crippen LogP contribution is 2.26. The van der Waals surface area contributed by atoms with Gasteiger partial charge in [-0.05, 0) is 23.2 Å². The molecule has 1 aromatic carbocycles. The lowest BCUT2D eigenvalue weighted by molar-refractivity contribution is 0.0243. The van der Waals surface area contributed by atoms with Crippen molar-refractivity contribution in [3.8, 4) is 5.75 Å². The summed E-state index contributed by atoms with van der Waals surface area (Å²) in [5.41, 5.74) is 13.9. The topological polar surface area (TPSA) is 135 Å². The third kappa shape index (κ3) is 2.77. The first-order valence-electron chi connectivity index (χ1n) is 4.51. The first kappa shape index (κ1) is 12.1. The van der Waals surface area contributed by atoms with Gasteiger partial charge >= 0.3 is 0 Å². The molecule has 0 saturated heterocycles. The normalized spacial score (nSPS) is 13.9. The van der Waals surface area contributed by atoms with Crippen LogP contribution in [0.25, 0.3) is 10.4 Å². The Kier molecular flexibility index (Phi) is 3.96. The lowest BCUT2D eigenvalue weighted by Gasteiger charge is -2.16. The summed E-state index contributed by atoms with van der Waals surface area (Å²) in [5, 5.41) is 31.5. The summed E-state index contributed by atoms with van der Waals surface area (Å²) in [5.74, 6) is -0.174. The van der Waals surface area contributed by atoms with Gasteiger partial charge in [0.1, 0.15) is 11.9 Å². The van der Waals surface area contributed by atoms with Gasteiger partial charge in [0, 0.05) is 4.91 Å². The lowest BCUT2D eigenvalue weighted by Crippen LogP contribution is -2.21. The largest absolute Gasteiger partial charge is 0.506 e. The number of benzene rings is 1. The summed E-state index contributed by atoms with van der Waals surface area (Å²) < 4.78 is 0. The molecule has 5 N–H and O–H groups in total. The summed E-state index contributed by atoms with van der Waals surface area (Å²) in [6.45, 7) is -0.247. The van der Waals surface area contributed by atoms with Crippen molar-refractivity contribution in [1.82, 2.24) is 0 Å². The van der Waals surface area contributed by atoms with E-state index in [1.165, 1.54) is 18.2 Å². The Labute approximate surface area is 91.4 Å². The maximum absolute atomic E-state index is 9.65. The molecule has 0 saturated carbocycles. The molecule has 2 unspecified atom stereocenters. The zero-order valence-corrected chi connectivity index (χ0v) is 8.35. The number of nitrogens with zero attached hydrogens (tertiary/aromatic N) is 3. The number of nitrogen functional groups attached to an aromatic ring is 1. The molecule has 86 valence electrons. The molecule has 1 aromatic rings. The molecule has 0 heterocycles. The third-order valence-electron chi connectivity index (χ3n) is 2.09. The Bertz CT molecular complexity index is 417. The van der Waals surface area contributed by atoms with E-state index in [-0.39, 0.29) is 18.0 Å². The van der Waals surface area contributed by atoms with Crippen LogP contribution in [0.5, 0.6) is 5.75 Å². The monoisotopic (exact) mass is 224 g/mol. The molecule has 0 radical (unpaired) electrons. The zero-order chi connectivity index (χ0) is 12.1. The molecule has 1 rings (SSSR count). The Balaban J connectivity index is 2.82. The minimum absolute atomic E-state index is 0.174. The number of rotatable bonds is 4. The number of azide groups is 1. The Morgan fingerprint density at radius 3 is 2.69 bits per heavy atom. The van der Waals surface area contributed by atoms with E-state index in [0.717, 1.165) is 0 Å². The third-order valence-corrected chi connectivity index (χ3v) is 2.09. The number of aromatic hydroxyl groups is 1. The number of phenols is 1. The van der Waals surface area contributed by atoms with Gasteiger partial charge in [-0.25, -0.2) is 0 Å². The smallest absolute Gasteiger partial charge is 0.138 e. The average molecular weight is 224 g/mol. The quantitative estimate of drug-likeness (QED) is 0.196. The molecular formula is C9H12N4O3. The van der Waals surface area contributed by atoms with Gasteiger partial charge in [-0.3, -0.25) is 0 Å². The molecular weight excluding hydrogens is 212 g/mol. The van der Waals surface area contributed by atoms with Crippen molar-refractivity contribution >= 4 is 5.69 Å². The zero-order valence-electron chi connectivity index (χ0n) is 8.35. The minimum atomic E-state index is -1.24. The predicted octanol–water partition coefficient (Wildman–Crippen LogP) is 0.679. The van der Waals surface area contributed by atoms with Crippen molar-refractivity contribution in [1.29, 1.82) is 0 Å². The number of nitrogens with two attached hydrogens (primary N) is 1. The van der Waals surface area contributed by atoms with Crippen molar-refractivity contribution in [2.24, 2.45) is 5.11 Å². The van der Waals surface area contributed by atoms with Gasteiger partial charge in [0.05, 0.1) is 18.3 Å². The summed E-state index contributed by atoms with van der Waals surface area (Å²) >= 11 is 0.